The predicted molar refractivity (Wildman–Crippen MR) is 103 cm³/mol. The Bertz CT molecular complexity index is 735. The smallest absolute Gasteiger partial charge is 0.406 e. The van der Waals surface area contributed by atoms with E-state index in [1.54, 1.807) is 0 Å². The quantitative estimate of drug-likeness (QED) is 0.397. The molecule has 1 aromatic heterocycles. The first-order chi connectivity index (χ1) is 11.9. The van der Waals surface area contributed by atoms with E-state index in [1.807, 2.05) is 6.20 Å². The van der Waals surface area contributed by atoms with Gasteiger partial charge in [0, 0.05) is 24.8 Å². The van der Waals surface area contributed by atoms with Crippen molar-refractivity contribution in [2.45, 2.75) is 38.7 Å². The van der Waals surface area contributed by atoms with Crippen LogP contribution >= 0.6 is 24.0 Å². The summed E-state index contributed by atoms with van der Waals surface area (Å²) < 4.78 is 42.3. The fraction of sp³-hybridized carbons (Fsp3) is 0.375. The zero-order valence-electron chi connectivity index (χ0n) is 13.8. The van der Waals surface area contributed by atoms with E-state index < -0.39 is 6.36 Å². The topological polar surface area (TPSA) is 77.5 Å². The number of hydrogen-bond donors (Lipinski definition) is 2. The van der Waals surface area contributed by atoms with Gasteiger partial charge in [0.1, 0.15) is 11.6 Å². The van der Waals surface area contributed by atoms with Crippen LogP contribution in [0.5, 0.6) is 5.75 Å². The third-order valence-electron chi connectivity index (χ3n) is 3.73. The van der Waals surface area contributed by atoms with Crippen LogP contribution in [0.25, 0.3) is 0 Å². The van der Waals surface area contributed by atoms with Crippen molar-refractivity contribution >= 4 is 35.6 Å². The zero-order chi connectivity index (χ0) is 17.9. The number of aryl methyl sites for hydroxylation is 2. The molecule has 10 heteroatoms. The summed E-state index contributed by atoms with van der Waals surface area (Å²) in [5, 5.41) is 2.82. The molecular formula is C16H19F3IN5O. The van der Waals surface area contributed by atoms with E-state index in [0.717, 1.165) is 37.3 Å². The average Bonchev–Trinajstić information content (AvgIpc) is 2.96. The summed E-state index contributed by atoms with van der Waals surface area (Å²) >= 11 is 0. The van der Waals surface area contributed by atoms with Crippen molar-refractivity contribution in [1.29, 1.82) is 0 Å². The number of benzene rings is 1. The maximum atomic E-state index is 12.1. The molecule has 0 amide bonds. The summed E-state index contributed by atoms with van der Waals surface area (Å²) in [6, 6.07) is 5.26. The molecule has 142 valence electrons. The van der Waals surface area contributed by atoms with Gasteiger partial charge in [-0.05, 0) is 37.1 Å². The van der Waals surface area contributed by atoms with Crippen molar-refractivity contribution in [3.8, 4) is 5.75 Å². The highest BCUT2D eigenvalue weighted by Gasteiger charge is 2.30. The van der Waals surface area contributed by atoms with Gasteiger partial charge in [-0.2, -0.15) is 0 Å². The number of aromatic nitrogens is 2. The van der Waals surface area contributed by atoms with Gasteiger partial charge in [0.2, 0.25) is 0 Å². The lowest BCUT2D eigenvalue weighted by molar-refractivity contribution is -0.274. The van der Waals surface area contributed by atoms with Gasteiger partial charge < -0.3 is 20.4 Å². The lowest BCUT2D eigenvalue weighted by Gasteiger charge is -2.11. The summed E-state index contributed by atoms with van der Waals surface area (Å²) in [6.45, 7) is 1.32. The summed E-state index contributed by atoms with van der Waals surface area (Å²) in [6.07, 6.45) is 0.554. The number of aliphatic imine (C=N–C) groups is 1. The molecule has 3 rings (SSSR count). The highest BCUT2D eigenvalue weighted by atomic mass is 127. The third kappa shape index (κ3) is 5.78. The number of guanidine groups is 1. The number of nitrogens with two attached hydrogens (primary N) is 1. The largest absolute Gasteiger partial charge is 0.573 e. The van der Waals surface area contributed by atoms with Crippen molar-refractivity contribution in [1.82, 2.24) is 9.55 Å². The number of ether oxygens (including phenoxy) is 1. The molecule has 1 aliphatic rings. The molecule has 0 unspecified atom stereocenters. The first kappa shape index (κ1) is 20.3. The van der Waals surface area contributed by atoms with E-state index in [4.69, 9.17) is 5.73 Å². The standard InChI is InChI=1S/C16H18F3N5O.HI/c17-16(18,19)25-13-6-4-11(5-7-13)23-15(20)21-9-12-10-24-8-2-1-3-14(24)22-12;/h4-7,10H,1-3,8-9H2,(H3,20,21,23);1H. The van der Waals surface area contributed by atoms with Crippen LogP contribution in [0, 0.1) is 0 Å². The Labute approximate surface area is 165 Å². The van der Waals surface area contributed by atoms with Crippen LogP contribution in [0.3, 0.4) is 0 Å². The summed E-state index contributed by atoms with van der Waals surface area (Å²) in [5.41, 5.74) is 7.17. The minimum absolute atomic E-state index is 0. The number of imidazole rings is 1. The van der Waals surface area contributed by atoms with Crippen LogP contribution in [0.1, 0.15) is 24.4 Å². The molecule has 0 bridgehead atoms. The van der Waals surface area contributed by atoms with Gasteiger partial charge in [0.15, 0.2) is 5.96 Å². The van der Waals surface area contributed by atoms with E-state index >= 15 is 0 Å². The predicted octanol–water partition coefficient (Wildman–Crippen LogP) is 3.66. The highest BCUT2D eigenvalue weighted by Crippen LogP contribution is 2.23. The fourth-order valence-electron chi connectivity index (χ4n) is 2.64. The van der Waals surface area contributed by atoms with Crippen molar-refractivity contribution < 1.29 is 17.9 Å². The molecule has 0 aliphatic carbocycles. The Balaban J connectivity index is 0.00000243. The van der Waals surface area contributed by atoms with Crippen LogP contribution < -0.4 is 15.8 Å². The van der Waals surface area contributed by atoms with Crippen LogP contribution in [0.2, 0.25) is 0 Å². The van der Waals surface area contributed by atoms with E-state index in [1.165, 1.54) is 24.3 Å². The normalized spacial score (nSPS) is 14.3. The van der Waals surface area contributed by atoms with Gasteiger partial charge >= 0.3 is 6.36 Å². The van der Waals surface area contributed by atoms with Crippen molar-refractivity contribution in [3.05, 3.63) is 42.0 Å². The third-order valence-corrected chi connectivity index (χ3v) is 3.73. The Morgan fingerprint density at radius 3 is 2.65 bits per heavy atom. The number of fused-ring (bicyclic) bond motifs is 1. The van der Waals surface area contributed by atoms with E-state index in [0.29, 0.717) is 12.2 Å². The van der Waals surface area contributed by atoms with Crippen molar-refractivity contribution in [2.24, 2.45) is 10.7 Å². The second-order valence-electron chi connectivity index (χ2n) is 5.70. The molecule has 0 spiro atoms. The number of nitrogens with one attached hydrogen (secondary N) is 1. The first-order valence-corrected chi connectivity index (χ1v) is 7.87. The molecule has 6 nitrogen and oxygen atoms in total. The van der Waals surface area contributed by atoms with E-state index in [2.05, 4.69) is 24.6 Å². The number of halogens is 4. The SMILES string of the molecule is I.NC(=NCc1cn2c(n1)CCCC2)Nc1ccc(OC(F)(F)F)cc1. The summed E-state index contributed by atoms with van der Waals surface area (Å²) in [7, 11) is 0. The zero-order valence-corrected chi connectivity index (χ0v) is 16.1. The van der Waals surface area contributed by atoms with Gasteiger partial charge in [0.25, 0.3) is 0 Å². The second-order valence-corrected chi connectivity index (χ2v) is 5.70. The number of rotatable bonds is 4. The van der Waals surface area contributed by atoms with Crippen LogP contribution in [-0.4, -0.2) is 21.9 Å². The Morgan fingerprint density at radius 1 is 1.27 bits per heavy atom. The maximum Gasteiger partial charge on any atom is 0.573 e. The van der Waals surface area contributed by atoms with Crippen LogP contribution in [0.4, 0.5) is 18.9 Å². The monoisotopic (exact) mass is 481 g/mol. The van der Waals surface area contributed by atoms with Crippen molar-refractivity contribution in [2.75, 3.05) is 5.32 Å². The van der Waals surface area contributed by atoms with E-state index in [9.17, 15) is 13.2 Å². The molecule has 0 saturated heterocycles. The number of hydrogen-bond acceptors (Lipinski definition) is 3. The molecule has 0 fully saturated rings. The maximum absolute atomic E-state index is 12.1. The lowest BCUT2D eigenvalue weighted by Crippen LogP contribution is -2.22. The number of anilines is 1. The number of nitrogens with zero attached hydrogens (tertiary/aromatic N) is 3. The highest BCUT2D eigenvalue weighted by molar-refractivity contribution is 14.0. The molecule has 0 atom stereocenters. The van der Waals surface area contributed by atoms with Gasteiger partial charge in [0.05, 0.1) is 12.2 Å². The van der Waals surface area contributed by atoms with Gasteiger partial charge in [-0.3, -0.25) is 0 Å². The van der Waals surface area contributed by atoms with Crippen molar-refractivity contribution in [3.63, 3.8) is 0 Å². The summed E-state index contributed by atoms with van der Waals surface area (Å²) in [4.78, 5) is 8.74. The van der Waals surface area contributed by atoms with Gasteiger partial charge in [-0.25, -0.2) is 9.98 Å². The molecule has 2 heterocycles. The molecule has 1 aliphatic heterocycles. The number of alkyl halides is 3. The Morgan fingerprint density at radius 2 is 2.00 bits per heavy atom. The minimum Gasteiger partial charge on any atom is -0.406 e. The van der Waals surface area contributed by atoms with Gasteiger partial charge in [-0.1, -0.05) is 0 Å². The summed E-state index contributed by atoms with van der Waals surface area (Å²) in [5.74, 6) is 0.941. The second kappa shape index (κ2) is 8.60. The van der Waals surface area contributed by atoms with Crippen LogP contribution in [-0.2, 0) is 19.5 Å². The average molecular weight is 481 g/mol. The molecule has 0 saturated carbocycles. The van der Waals surface area contributed by atoms with Gasteiger partial charge in [-0.15, -0.1) is 37.1 Å². The molecular weight excluding hydrogens is 462 g/mol. The molecule has 26 heavy (non-hydrogen) atoms. The fourth-order valence-corrected chi connectivity index (χ4v) is 2.64. The minimum atomic E-state index is -4.71. The molecule has 2 aromatic rings. The molecule has 3 N–H and O–H groups in total. The molecule has 1 aromatic carbocycles. The Kier molecular flexibility index (Phi) is 6.73. The Hall–Kier alpha value is -1.98. The first-order valence-electron chi connectivity index (χ1n) is 7.87. The van der Waals surface area contributed by atoms with E-state index in [-0.39, 0.29) is 35.7 Å². The lowest BCUT2D eigenvalue weighted by atomic mass is 10.2. The molecule has 0 radical (unpaired) electrons. The van der Waals surface area contributed by atoms with Crippen LogP contribution in [0.15, 0.2) is 35.5 Å².